The molecule has 0 N–H and O–H groups in total. The fourth-order valence-electron chi connectivity index (χ4n) is 4.20. The number of hydrogen-bond acceptors (Lipinski definition) is 3. The lowest BCUT2D eigenvalue weighted by Crippen LogP contribution is -2.43. The molecule has 0 saturated carbocycles. The molecule has 4 heteroatoms. The Labute approximate surface area is 155 Å². The minimum absolute atomic E-state index is 0.210. The fraction of sp³-hybridized carbons (Fsp3) is 0.409. The average molecular weight is 350 g/mol. The van der Waals surface area contributed by atoms with Gasteiger partial charge in [0.1, 0.15) is 11.5 Å². The van der Waals surface area contributed by atoms with Gasteiger partial charge >= 0.3 is 0 Å². The molecule has 3 fully saturated rings. The standard InChI is InChI=1S/C22H26N2O2/c1-17(25)23-14-19-10-11-20(16-23)24(15-19)13-18-6-5-9-22(12-18)26-21-7-3-2-4-8-21/h2-9,12,19-20H,10-11,13-16H2,1H3/t19-,20+/m0/s1. The van der Waals surface area contributed by atoms with E-state index in [4.69, 9.17) is 4.74 Å². The Kier molecular flexibility index (Phi) is 4.93. The number of fused-ring (bicyclic) bond motifs is 4. The maximum absolute atomic E-state index is 11.8. The SMILES string of the molecule is CC(=O)N1C[C@@H]2CC[C@H](C1)N(Cc1cccc(Oc3ccccc3)c1)C2. The van der Waals surface area contributed by atoms with Crippen LogP contribution < -0.4 is 4.74 Å². The molecule has 2 atom stereocenters. The molecular formula is C22H26N2O2. The van der Waals surface area contributed by atoms with Crippen LogP contribution in [0.5, 0.6) is 11.5 Å². The number of ether oxygens (including phenoxy) is 1. The zero-order valence-electron chi connectivity index (χ0n) is 15.3. The first kappa shape index (κ1) is 17.1. The first-order valence-corrected chi connectivity index (χ1v) is 9.49. The Morgan fingerprint density at radius 1 is 1.00 bits per heavy atom. The molecule has 136 valence electrons. The summed E-state index contributed by atoms with van der Waals surface area (Å²) in [6.07, 6.45) is 2.43. The van der Waals surface area contributed by atoms with E-state index in [0.29, 0.717) is 12.0 Å². The Morgan fingerprint density at radius 2 is 1.81 bits per heavy atom. The van der Waals surface area contributed by atoms with Crippen molar-refractivity contribution in [3.05, 3.63) is 60.2 Å². The molecular weight excluding hydrogens is 324 g/mol. The molecule has 3 heterocycles. The van der Waals surface area contributed by atoms with Crippen LogP contribution in [-0.4, -0.2) is 41.4 Å². The molecule has 0 aromatic heterocycles. The monoisotopic (exact) mass is 350 g/mol. The lowest BCUT2D eigenvalue weighted by Gasteiger charge is -2.36. The number of para-hydroxylation sites is 1. The molecule has 3 saturated heterocycles. The predicted molar refractivity (Wildman–Crippen MR) is 102 cm³/mol. The summed E-state index contributed by atoms with van der Waals surface area (Å²) in [4.78, 5) is 16.4. The van der Waals surface area contributed by atoms with Crippen molar-refractivity contribution in [2.45, 2.75) is 32.4 Å². The van der Waals surface area contributed by atoms with E-state index in [1.165, 1.54) is 18.4 Å². The Hall–Kier alpha value is -2.33. The minimum atomic E-state index is 0.210. The molecule has 5 rings (SSSR count). The number of rotatable bonds is 4. The zero-order chi connectivity index (χ0) is 17.9. The molecule has 2 bridgehead atoms. The highest BCUT2D eigenvalue weighted by molar-refractivity contribution is 5.73. The van der Waals surface area contributed by atoms with Gasteiger partial charge in [0.15, 0.2) is 0 Å². The van der Waals surface area contributed by atoms with Crippen molar-refractivity contribution >= 4 is 5.91 Å². The fourth-order valence-corrected chi connectivity index (χ4v) is 4.20. The molecule has 3 aliphatic rings. The second kappa shape index (κ2) is 7.50. The van der Waals surface area contributed by atoms with Gasteiger partial charge in [-0.3, -0.25) is 9.69 Å². The van der Waals surface area contributed by atoms with Crippen molar-refractivity contribution in [1.82, 2.24) is 9.80 Å². The third-order valence-electron chi connectivity index (χ3n) is 5.54. The number of amides is 1. The summed E-state index contributed by atoms with van der Waals surface area (Å²) in [7, 11) is 0. The quantitative estimate of drug-likeness (QED) is 0.838. The van der Waals surface area contributed by atoms with Gasteiger partial charge in [0.05, 0.1) is 0 Å². The summed E-state index contributed by atoms with van der Waals surface area (Å²) < 4.78 is 5.97. The van der Waals surface area contributed by atoms with Gasteiger partial charge in [0.2, 0.25) is 5.91 Å². The van der Waals surface area contributed by atoms with E-state index in [1.54, 1.807) is 6.92 Å². The summed E-state index contributed by atoms with van der Waals surface area (Å²) in [5.41, 5.74) is 1.26. The van der Waals surface area contributed by atoms with E-state index >= 15 is 0 Å². The third kappa shape index (κ3) is 3.91. The van der Waals surface area contributed by atoms with E-state index in [2.05, 4.69) is 23.1 Å². The van der Waals surface area contributed by atoms with Gasteiger partial charge < -0.3 is 9.64 Å². The van der Waals surface area contributed by atoms with Gasteiger partial charge in [0, 0.05) is 39.1 Å². The van der Waals surface area contributed by atoms with Gasteiger partial charge in [-0.25, -0.2) is 0 Å². The molecule has 2 aromatic carbocycles. The largest absolute Gasteiger partial charge is 0.457 e. The Morgan fingerprint density at radius 3 is 2.62 bits per heavy atom. The van der Waals surface area contributed by atoms with Crippen LogP contribution in [0.1, 0.15) is 25.3 Å². The maximum atomic E-state index is 11.8. The minimum Gasteiger partial charge on any atom is -0.457 e. The van der Waals surface area contributed by atoms with Crippen LogP contribution in [0.15, 0.2) is 54.6 Å². The molecule has 2 aromatic rings. The third-order valence-corrected chi connectivity index (χ3v) is 5.54. The lowest BCUT2D eigenvalue weighted by atomic mass is 9.94. The second-order valence-corrected chi connectivity index (χ2v) is 7.51. The van der Waals surface area contributed by atoms with Gasteiger partial charge in [-0.05, 0) is 48.6 Å². The highest BCUT2D eigenvalue weighted by Gasteiger charge is 2.35. The van der Waals surface area contributed by atoms with Crippen LogP contribution in [0.25, 0.3) is 0 Å². The van der Waals surface area contributed by atoms with Crippen molar-refractivity contribution in [1.29, 1.82) is 0 Å². The summed E-state index contributed by atoms with van der Waals surface area (Å²) in [6, 6.07) is 18.7. The zero-order valence-corrected chi connectivity index (χ0v) is 15.3. The van der Waals surface area contributed by atoms with E-state index in [9.17, 15) is 4.79 Å². The first-order chi connectivity index (χ1) is 12.7. The smallest absolute Gasteiger partial charge is 0.219 e. The van der Waals surface area contributed by atoms with Crippen LogP contribution in [-0.2, 0) is 11.3 Å². The van der Waals surface area contributed by atoms with Crippen LogP contribution in [0, 0.1) is 5.92 Å². The normalized spacial score (nSPS) is 22.9. The molecule has 1 amide bonds. The van der Waals surface area contributed by atoms with Crippen molar-refractivity contribution < 1.29 is 9.53 Å². The van der Waals surface area contributed by atoms with E-state index in [0.717, 1.165) is 37.7 Å². The summed E-state index contributed by atoms with van der Waals surface area (Å²) in [5.74, 6) is 2.54. The highest BCUT2D eigenvalue weighted by Crippen LogP contribution is 2.30. The second-order valence-electron chi connectivity index (χ2n) is 7.51. The number of piperidine rings is 1. The Bertz CT molecular complexity index is 762. The molecule has 26 heavy (non-hydrogen) atoms. The average Bonchev–Trinajstić information content (AvgIpc) is 2.95. The number of carbonyl (C=O) groups is 1. The van der Waals surface area contributed by atoms with E-state index in [-0.39, 0.29) is 5.91 Å². The lowest BCUT2D eigenvalue weighted by molar-refractivity contribution is -0.129. The predicted octanol–water partition coefficient (Wildman–Crippen LogP) is 3.92. The molecule has 0 aliphatic carbocycles. The molecule has 0 spiro atoms. The molecule has 0 radical (unpaired) electrons. The van der Waals surface area contributed by atoms with Gasteiger partial charge in [-0.2, -0.15) is 0 Å². The van der Waals surface area contributed by atoms with Gasteiger partial charge in [0.25, 0.3) is 0 Å². The Balaban J connectivity index is 1.46. The number of carbonyl (C=O) groups excluding carboxylic acids is 1. The van der Waals surface area contributed by atoms with Crippen molar-refractivity contribution in [2.75, 3.05) is 19.6 Å². The van der Waals surface area contributed by atoms with Crippen molar-refractivity contribution in [2.24, 2.45) is 5.92 Å². The topological polar surface area (TPSA) is 32.8 Å². The van der Waals surface area contributed by atoms with E-state index in [1.807, 2.05) is 41.3 Å². The van der Waals surface area contributed by atoms with E-state index < -0.39 is 0 Å². The summed E-state index contributed by atoms with van der Waals surface area (Å²) in [6.45, 7) is 5.47. The van der Waals surface area contributed by atoms with Crippen LogP contribution >= 0.6 is 0 Å². The number of hydrogen-bond donors (Lipinski definition) is 0. The van der Waals surface area contributed by atoms with Gasteiger partial charge in [-0.1, -0.05) is 30.3 Å². The van der Waals surface area contributed by atoms with Crippen molar-refractivity contribution in [3.8, 4) is 11.5 Å². The summed E-state index contributed by atoms with van der Waals surface area (Å²) in [5, 5.41) is 0. The van der Waals surface area contributed by atoms with Gasteiger partial charge in [-0.15, -0.1) is 0 Å². The van der Waals surface area contributed by atoms with Crippen LogP contribution in [0.4, 0.5) is 0 Å². The number of nitrogens with zero attached hydrogens (tertiary/aromatic N) is 2. The van der Waals surface area contributed by atoms with Crippen LogP contribution in [0.3, 0.4) is 0 Å². The first-order valence-electron chi connectivity index (χ1n) is 9.49. The maximum Gasteiger partial charge on any atom is 0.219 e. The molecule has 0 unspecified atom stereocenters. The summed E-state index contributed by atoms with van der Waals surface area (Å²) >= 11 is 0. The van der Waals surface area contributed by atoms with Crippen molar-refractivity contribution in [3.63, 3.8) is 0 Å². The van der Waals surface area contributed by atoms with Crippen LogP contribution in [0.2, 0.25) is 0 Å². The number of benzene rings is 2. The molecule has 4 nitrogen and oxygen atoms in total. The molecule has 3 aliphatic heterocycles. The highest BCUT2D eigenvalue weighted by atomic mass is 16.5.